The van der Waals surface area contributed by atoms with Crippen LogP contribution in [0.15, 0.2) is 60.0 Å². The SMILES string of the molecule is N#CC1=C(N)Oc2cc3c(cc2C1c1cc(Cl)c(OCc2ccccc2C#N)c(Cl)c1)OCO3. The van der Waals surface area contributed by atoms with E-state index >= 15 is 0 Å². The van der Waals surface area contributed by atoms with Crippen molar-refractivity contribution in [2.24, 2.45) is 5.73 Å². The largest absolute Gasteiger partial charge is 0.486 e. The summed E-state index contributed by atoms with van der Waals surface area (Å²) in [6.45, 7) is 0.206. The van der Waals surface area contributed by atoms with Gasteiger partial charge in [-0.25, -0.2) is 0 Å². The van der Waals surface area contributed by atoms with Gasteiger partial charge in [0.1, 0.15) is 24.0 Å². The number of benzene rings is 3. The van der Waals surface area contributed by atoms with Gasteiger partial charge in [0.25, 0.3) is 0 Å². The van der Waals surface area contributed by atoms with Crippen molar-refractivity contribution in [2.45, 2.75) is 12.5 Å². The molecule has 5 rings (SSSR count). The van der Waals surface area contributed by atoms with E-state index in [4.69, 9.17) is 47.9 Å². The average molecular weight is 492 g/mol. The first-order valence-electron chi connectivity index (χ1n) is 10.1. The van der Waals surface area contributed by atoms with Gasteiger partial charge in [0, 0.05) is 17.2 Å². The number of halogens is 2. The molecule has 2 aliphatic heterocycles. The zero-order valence-corrected chi connectivity index (χ0v) is 19.0. The maximum atomic E-state index is 9.82. The molecule has 3 aromatic carbocycles. The quantitative estimate of drug-likeness (QED) is 0.520. The second-order valence-electron chi connectivity index (χ2n) is 7.54. The van der Waals surface area contributed by atoms with E-state index in [1.807, 2.05) is 6.07 Å². The van der Waals surface area contributed by atoms with Crippen LogP contribution in [0.25, 0.3) is 0 Å². The van der Waals surface area contributed by atoms with Crippen molar-refractivity contribution in [3.63, 3.8) is 0 Å². The molecule has 9 heteroatoms. The van der Waals surface area contributed by atoms with Gasteiger partial charge in [-0.15, -0.1) is 0 Å². The van der Waals surface area contributed by atoms with E-state index in [9.17, 15) is 10.5 Å². The van der Waals surface area contributed by atoms with Crippen LogP contribution in [-0.4, -0.2) is 6.79 Å². The number of allylic oxidation sites excluding steroid dienone is 1. The van der Waals surface area contributed by atoms with Gasteiger partial charge in [-0.1, -0.05) is 41.4 Å². The van der Waals surface area contributed by atoms with Gasteiger partial charge in [-0.2, -0.15) is 10.5 Å². The molecule has 1 unspecified atom stereocenters. The minimum Gasteiger partial charge on any atom is -0.486 e. The lowest BCUT2D eigenvalue weighted by Crippen LogP contribution is -2.21. The fraction of sp³-hybridized carbons (Fsp3) is 0.120. The number of nitrogens with two attached hydrogens (primary N) is 1. The number of fused-ring (bicyclic) bond motifs is 2. The minimum absolute atomic E-state index is 0.0143. The molecule has 34 heavy (non-hydrogen) atoms. The summed E-state index contributed by atoms with van der Waals surface area (Å²) < 4.78 is 22.5. The molecule has 0 radical (unpaired) electrons. The van der Waals surface area contributed by atoms with Crippen LogP contribution in [0.3, 0.4) is 0 Å². The number of hydrogen-bond donors (Lipinski definition) is 1. The van der Waals surface area contributed by atoms with Crippen molar-refractivity contribution in [3.8, 4) is 35.1 Å². The molecule has 0 spiro atoms. The monoisotopic (exact) mass is 491 g/mol. The number of hydrogen-bond acceptors (Lipinski definition) is 7. The lowest BCUT2D eigenvalue weighted by Gasteiger charge is -2.27. The Morgan fingerprint density at radius 1 is 0.971 bits per heavy atom. The Kier molecular flexibility index (Phi) is 5.59. The number of rotatable bonds is 4. The van der Waals surface area contributed by atoms with E-state index in [0.29, 0.717) is 39.5 Å². The van der Waals surface area contributed by atoms with Crippen LogP contribution >= 0.6 is 23.2 Å². The summed E-state index contributed by atoms with van der Waals surface area (Å²) >= 11 is 13.1. The zero-order chi connectivity index (χ0) is 23.8. The third-order valence-corrected chi connectivity index (χ3v) is 6.14. The molecule has 0 bridgehead atoms. The van der Waals surface area contributed by atoms with Crippen LogP contribution in [-0.2, 0) is 6.61 Å². The molecule has 0 aromatic heterocycles. The summed E-state index contributed by atoms with van der Waals surface area (Å²) in [4.78, 5) is 0. The molecule has 0 saturated carbocycles. The van der Waals surface area contributed by atoms with Crippen molar-refractivity contribution in [2.75, 3.05) is 6.79 Å². The summed E-state index contributed by atoms with van der Waals surface area (Å²) in [5, 5.41) is 19.6. The third-order valence-electron chi connectivity index (χ3n) is 5.57. The van der Waals surface area contributed by atoms with E-state index in [1.54, 1.807) is 42.5 Å². The topological polar surface area (TPSA) is 111 Å². The molecule has 0 fully saturated rings. The van der Waals surface area contributed by atoms with Gasteiger partial charge < -0.3 is 24.7 Å². The van der Waals surface area contributed by atoms with E-state index < -0.39 is 5.92 Å². The second-order valence-corrected chi connectivity index (χ2v) is 8.35. The van der Waals surface area contributed by atoms with Crippen LogP contribution in [0.2, 0.25) is 10.0 Å². The van der Waals surface area contributed by atoms with E-state index in [1.165, 1.54) is 0 Å². The normalized spacial score (nSPS) is 15.7. The Labute approximate surface area is 205 Å². The summed E-state index contributed by atoms with van der Waals surface area (Å²) in [5.74, 6) is 1.19. The van der Waals surface area contributed by atoms with Gasteiger partial charge in [-0.05, 0) is 29.8 Å². The Morgan fingerprint density at radius 3 is 2.38 bits per heavy atom. The smallest absolute Gasteiger partial charge is 0.231 e. The highest BCUT2D eigenvalue weighted by Gasteiger charge is 2.34. The number of nitrogens with zero attached hydrogens (tertiary/aromatic N) is 2. The molecule has 0 aliphatic carbocycles. The third kappa shape index (κ3) is 3.72. The van der Waals surface area contributed by atoms with Crippen LogP contribution in [0.1, 0.15) is 28.2 Å². The Bertz CT molecular complexity index is 1420. The first-order chi connectivity index (χ1) is 16.5. The Balaban J connectivity index is 1.53. The molecule has 1 atom stereocenters. The summed E-state index contributed by atoms with van der Waals surface area (Å²) in [6, 6.07) is 18.2. The Hall–Kier alpha value is -4.04. The first kappa shape index (κ1) is 21.8. The lowest BCUT2D eigenvalue weighted by atomic mass is 9.83. The van der Waals surface area contributed by atoms with Gasteiger partial charge in [0.15, 0.2) is 17.2 Å². The zero-order valence-electron chi connectivity index (χ0n) is 17.5. The molecular weight excluding hydrogens is 477 g/mol. The summed E-state index contributed by atoms with van der Waals surface area (Å²) in [7, 11) is 0. The van der Waals surface area contributed by atoms with Gasteiger partial charge >= 0.3 is 0 Å². The van der Waals surface area contributed by atoms with Crippen molar-refractivity contribution < 1.29 is 18.9 Å². The Morgan fingerprint density at radius 2 is 1.68 bits per heavy atom. The molecular formula is C25H15Cl2N3O4. The van der Waals surface area contributed by atoms with Gasteiger partial charge in [0.2, 0.25) is 12.7 Å². The van der Waals surface area contributed by atoms with Crippen molar-refractivity contribution in [3.05, 3.63) is 92.3 Å². The minimum atomic E-state index is -0.591. The highest BCUT2D eigenvalue weighted by molar-refractivity contribution is 6.37. The maximum absolute atomic E-state index is 9.82. The standard InChI is InChI=1S/C25H15Cl2N3O4/c26-18-5-15(6-19(27)24(18)31-11-14-4-2-1-3-13(14)9-28)23-16-7-21-22(33-12-32-21)8-20(16)34-25(30)17(23)10-29/h1-8,23H,11-12,30H2. The first-order valence-corrected chi connectivity index (χ1v) is 10.9. The van der Waals surface area contributed by atoms with E-state index in [0.717, 1.165) is 0 Å². The molecule has 168 valence electrons. The highest BCUT2D eigenvalue weighted by atomic mass is 35.5. The predicted octanol–water partition coefficient (Wildman–Crippen LogP) is 5.39. The lowest BCUT2D eigenvalue weighted by molar-refractivity contribution is 0.174. The van der Waals surface area contributed by atoms with Crippen LogP contribution in [0, 0.1) is 22.7 Å². The molecule has 2 N–H and O–H groups in total. The number of nitriles is 2. The molecule has 0 amide bonds. The van der Waals surface area contributed by atoms with Crippen molar-refractivity contribution >= 4 is 23.2 Å². The molecule has 2 aliphatic rings. The summed E-state index contributed by atoms with van der Waals surface area (Å²) in [5.41, 5.74) is 8.79. The van der Waals surface area contributed by atoms with E-state index in [2.05, 4.69) is 12.1 Å². The second kappa shape index (κ2) is 8.72. The molecule has 3 aromatic rings. The van der Waals surface area contributed by atoms with E-state index in [-0.39, 0.29) is 40.7 Å². The molecule has 0 saturated heterocycles. The van der Waals surface area contributed by atoms with Crippen LogP contribution in [0.4, 0.5) is 0 Å². The fourth-order valence-electron chi connectivity index (χ4n) is 3.98. The maximum Gasteiger partial charge on any atom is 0.231 e. The van der Waals surface area contributed by atoms with Crippen LogP contribution in [0.5, 0.6) is 23.0 Å². The number of ether oxygens (including phenoxy) is 4. The molecule has 7 nitrogen and oxygen atoms in total. The fourth-order valence-corrected chi connectivity index (χ4v) is 4.59. The average Bonchev–Trinajstić information content (AvgIpc) is 3.28. The predicted molar refractivity (Wildman–Crippen MR) is 124 cm³/mol. The highest BCUT2D eigenvalue weighted by Crippen LogP contribution is 2.49. The molecule has 2 heterocycles. The van der Waals surface area contributed by atoms with Crippen molar-refractivity contribution in [1.82, 2.24) is 0 Å². The van der Waals surface area contributed by atoms with Crippen molar-refractivity contribution in [1.29, 1.82) is 10.5 Å². The van der Waals surface area contributed by atoms with Gasteiger partial charge in [-0.3, -0.25) is 0 Å². The van der Waals surface area contributed by atoms with Gasteiger partial charge in [0.05, 0.1) is 27.6 Å². The summed E-state index contributed by atoms with van der Waals surface area (Å²) in [6.07, 6.45) is 0. The van der Waals surface area contributed by atoms with Crippen LogP contribution < -0.4 is 24.7 Å².